The Balaban J connectivity index is 2.64. The monoisotopic (exact) mass is 327 g/mol. The van der Waals surface area contributed by atoms with Crippen LogP contribution in [0.15, 0.2) is 25.3 Å². The minimum absolute atomic E-state index is 0.0204. The summed E-state index contributed by atoms with van der Waals surface area (Å²) in [7, 11) is -3.52. The van der Waals surface area contributed by atoms with Crippen molar-refractivity contribution in [3.8, 4) is 0 Å². The molecule has 0 unspecified atom stereocenters. The molecule has 6 nitrogen and oxygen atoms in total. The van der Waals surface area contributed by atoms with Gasteiger partial charge in [-0.15, -0.1) is 11.3 Å². The number of halogens is 1. The summed E-state index contributed by atoms with van der Waals surface area (Å²) in [6, 6.07) is 1.66. The van der Waals surface area contributed by atoms with Crippen LogP contribution in [0, 0.1) is 0 Å². The predicted octanol–water partition coefficient (Wildman–Crippen LogP) is 0.925. The van der Waals surface area contributed by atoms with Crippen LogP contribution in [0.1, 0.15) is 6.42 Å². The third-order valence-electron chi connectivity index (χ3n) is 1.63. The first kappa shape index (κ1) is 13.4. The van der Waals surface area contributed by atoms with Gasteiger partial charge in [0.2, 0.25) is 0 Å². The van der Waals surface area contributed by atoms with Gasteiger partial charge < -0.3 is 10.9 Å². The molecule has 0 bridgehead atoms. The fourth-order valence-corrected chi connectivity index (χ4v) is 4.31. The molecule has 1 aromatic rings. The van der Waals surface area contributed by atoms with Crippen LogP contribution >= 0.6 is 27.3 Å². The third kappa shape index (κ3) is 3.44. The van der Waals surface area contributed by atoms with E-state index in [1.54, 1.807) is 11.4 Å². The number of oxime groups is 1. The summed E-state index contributed by atoms with van der Waals surface area (Å²) in [5.41, 5.74) is 5.21. The van der Waals surface area contributed by atoms with Gasteiger partial charge >= 0.3 is 0 Å². The van der Waals surface area contributed by atoms with Crippen molar-refractivity contribution in [3.05, 3.63) is 15.9 Å². The lowest BCUT2D eigenvalue weighted by molar-refractivity contribution is 0.317. The summed E-state index contributed by atoms with van der Waals surface area (Å²) in [6.07, 6.45) is 0.152. The summed E-state index contributed by atoms with van der Waals surface area (Å²) >= 11 is 4.25. The van der Waals surface area contributed by atoms with E-state index in [1.807, 2.05) is 0 Å². The number of nitrogens with one attached hydrogen (secondary N) is 1. The van der Waals surface area contributed by atoms with Gasteiger partial charge in [-0.1, -0.05) is 5.16 Å². The van der Waals surface area contributed by atoms with Crippen LogP contribution in [-0.4, -0.2) is 26.0 Å². The molecule has 0 spiro atoms. The van der Waals surface area contributed by atoms with Gasteiger partial charge in [0, 0.05) is 17.4 Å². The van der Waals surface area contributed by atoms with Crippen LogP contribution in [0.3, 0.4) is 0 Å². The fraction of sp³-hybridized carbons (Fsp3) is 0.286. The van der Waals surface area contributed by atoms with Crippen molar-refractivity contribution in [3.63, 3.8) is 0 Å². The Morgan fingerprint density at radius 3 is 2.88 bits per heavy atom. The zero-order valence-corrected chi connectivity index (χ0v) is 11.3. The summed E-state index contributed by atoms with van der Waals surface area (Å²) in [5.74, 6) is -0.0204. The van der Waals surface area contributed by atoms with E-state index >= 15 is 0 Å². The molecule has 0 aliphatic rings. The fourth-order valence-electron chi connectivity index (χ4n) is 0.901. The van der Waals surface area contributed by atoms with Crippen molar-refractivity contribution in [2.24, 2.45) is 10.9 Å². The lowest BCUT2D eigenvalue weighted by atomic mass is 10.4. The maximum atomic E-state index is 11.7. The maximum absolute atomic E-state index is 11.7. The van der Waals surface area contributed by atoms with Crippen LogP contribution < -0.4 is 10.5 Å². The van der Waals surface area contributed by atoms with Gasteiger partial charge in [0.05, 0.1) is 0 Å². The SMILES string of the molecule is NC(CCNS(=O)(=O)c1sccc1Br)=NO. The van der Waals surface area contributed by atoms with Gasteiger partial charge in [-0.25, -0.2) is 13.1 Å². The number of nitrogens with two attached hydrogens (primary N) is 1. The molecule has 0 aliphatic carbocycles. The number of amidine groups is 1. The first-order chi connectivity index (χ1) is 7.47. The summed E-state index contributed by atoms with van der Waals surface area (Å²) in [5, 5.41) is 12.7. The largest absolute Gasteiger partial charge is 0.409 e. The number of nitrogens with zero attached hydrogens (tertiary/aromatic N) is 1. The number of hydrogen-bond donors (Lipinski definition) is 3. The van der Waals surface area contributed by atoms with Crippen molar-refractivity contribution in [1.29, 1.82) is 0 Å². The minimum Gasteiger partial charge on any atom is -0.409 e. The maximum Gasteiger partial charge on any atom is 0.251 e. The zero-order chi connectivity index (χ0) is 12.2. The normalized spacial score (nSPS) is 12.9. The van der Waals surface area contributed by atoms with Crippen molar-refractivity contribution in [1.82, 2.24) is 4.72 Å². The molecule has 0 fully saturated rings. The topological polar surface area (TPSA) is 105 Å². The highest BCUT2D eigenvalue weighted by Crippen LogP contribution is 2.27. The molecule has 9 heteroatoms. The highest BCUT2D eigenvalue weighted by Gasteiger charge is 2.18. The van der Waals surface area contributed by atoms with Crippen LogP contribution in [-0.2, 0) is 10.0 Å². The standard InChI is InChI=1S/C7H10BrN3O3S2/c8-5-2-4-15-7(5)16(13,14)10-3-1-6(9)11-12/h2,4,10,12H,1,3H2,(H2,9,11). The second kappa shape index (κ2) is 5.62. The van der Waals surface area contributed by atoms with Crippen LogP contribution in [0.4, 0.5) is 0 Å². The van der Waals surface area contributed by atoms with Gasteiger partial charge in [0.25, 0.3) is 10.0 Å². The molecule has 0 saturated heterocycles. The Kier molecular flexibility index (Phi) is 4.71. The highest BCUT2D eigenvalue weighted by molar-refractivity contribution is 9.10. The first-order valence-corrected chi connectivity index (χ1v) is 7.32. The average Bonchev–Trinajstić information content (AvgIpc) is 2.64. The van der Waals surface area contributed by atoms with Crippen LogP contribution in [0.5, 0.6) is 0 Å². The molecular formula is C7H10BrN3O3S2. The number of sulfonamides is 1. The molecule has 90 valence electrons. The van der Waals surface area contributed by atoms with Gasteiger partial charge in [-0.05, 0) is 27.4 Å². The van der Waals surface area contributed by atoms with Crippen molar-refractivity contribution in [2.75, 3.05) is 6.54 Å². The Bertz CT molecular complexity index is 483. The molecule has 0 saturated carbocycles. The van der Waals surface area contributed by atoms with Gasteiger partial charge in [0.1, 0.15) is 10.0 Å². The second-order valence-corrected chi connectivity index (χ2v) is 6.53. The molecule has 0 aromatic carbocycles. The van der Waals surface area contributed by atoms with E-state index in [2.05, 4.69) is 25.8 Å². The minimum atomic E-state index is -3.52. The molecule has 1 heterocycles. The quantitative estimate of drug-likeness (QED) is 0.324. The van der Waals surface area contributed by atoms with E-state index in [-0.39, 0.29) is 23.0 Å². The number of thiophene rings is 1. The van der Waals surface area contributed by atoms with Crippen molar-refractivity contribution in [2.45, 2.75) is 10.6 Å². The summed E-state index contributed by atoms with van der Waals surface area (Å²) < 4.78 is 26.5. The van der Waals surface area contributed by atoms with Gasteiger partial charge in [-0.2, -0.15) is 0 Å². The zero-order valence-electron chi connectivity index (χ0n) is 8.05. The molecule has 1 aromatic heterocycles. The van der Waals surface area contributed by atoms with Crippen LogP contribution in [0.2, 0.25) is 0 Å². The Hall–Kier alpha value is -0.640. The van der Waals surface area contributed by atoms with E-state index in [4.69, 9.17) is 10.9 Å². The second-order valence-electron chi connectivity index (χ2n) is 2.80. The number of hydrogen-bond acceptors (Lipinski definition) is 5. The Labute approximate surface area is 105 Å². The predicted molar refractivity (Wildman–Crippen MR) is 65.2 cm³/mol. The van der Waals surface area contributed by atoms with Gasteiger partial charge in [0.15, 0.2) is 0 Å². The average molecular weight is 328 g/mol. The van der Waals surface area contributed by atoms with Crippen molar-refractivity contribution < 1.29 is 13.6 Å². The molecule has 16 heavy (non-hydrogen) atoms. The molecule has 0 aliphatic heterocycles. The molecule has 1 rings (SSSR count). The Morgan fingerprint density at radius 1 is 1.69 bits per heavy atom. The van der Waals surface area contributed by atoms with Gasteiger partial charge in [-0.3, -0.25) is 0 Å². The van der Waals surface area contributed by atoms with Crippen molar-refractivity contribution >= 4 is 43.1 Å². The molecule has 0 atom stereocenters. The van der Waals surface area contributed by atoms with E-state index in [9.17, 15) is 8.42 Å². The molecule has 4 N–H and O–H groups in total. The lowest BCUT2D eigenvalue weighted by Crippen LogP contribution is -2.27. The smallest absolute Gasteiger partial charge is 0.251 e. The van der Waals surface area contributed by atoms with E-state index in [0.717, 1.165) is 11.3 Å². The van der Waals surface area contributed by atoms with E-state index in [0.29, 0.717) is 4.47 Å². The highest BCUT2D eigenvalue weighted by atomic mass is 79.9. The summed E-state index contributed by atoms with van der Waals surface area (Å²) in [4.78, 5) is 0. The Morgan fingerprint density at radius 2 is 2.38 bits per heavy atom. The number of rotatable bonds is 5. The summed E-state index contributed by atoms with van der Waals surface area (Å²) in [6.45, 7) is 0.0859. The van der Waals surface area contributed by atoms with E-state index in [1.165, 1.54) is 0 Å². The molecule has 0 radical (unpaired) electrons. The first-order valence-electron chi connectivity index (χ1n) is 4.16. The molecular weight excluding hydrogens is 318 g/mol. The third-order valence-corrected chi connectivity index (χ3v) is 5.76. The van der Waals surface area contributed by atoms with E-state index < -0.39 is 10.0 Å². The lowest BCUT2D eigenvalue weighted by Gasteiger charge is -2.04. The molecule has 0 amide bonds. The van der Waals surface area contributed by atoms with Crippen LogP contribution in [0.25, 0.3) is 0 Å².